The average Bonchev–Trinajstić information content (AvgIpc) is 2.64. The Bertz CT molecular complexity index is 613. The van der Waals surface area contributed by atoms with Crippen LogP contribution in [0.25, 0.3) is 0 Å². The molecule has 0 aliphatic heterocycles. The summed E-state index contributed by atoms with van der Waals surface area (Å²) in [5.41, 5.74) is 2.44. The Hall–Kier alpha value is -2.37. The molecule has 2 amide bonds. The zero-order chi connectivity index (χ0) is 20.2. The zero-order valence-electron chi connectivity index (χ0n) is 16.9. The number of ether oxygens (including phenoxy) is 1. The number of amides is 2. The third-order valence-electron chi connectivity index (χ3n) is 4.41. The molecule has 1 aromatic carbocycles. The smallest absolute Gasteiger partial charge is 0.310 e. The normalized spacial score (nSPS) is 11.6. The van der Waals surface area contributed by atoms with Gasteiger partial charge < -0.3 is 15.0 Å². The van der Waals surface area contributed by atoms with E-state index in [1.54, 1.807) is 11.8 Å². The second kappa shape index (κ2) is 12.1. The largest absolute Gasteiger partial charge is 0.469 e. The van der Waals surface area contributed by atoms with E-state index in [1.165, 1.54) is 25.2 Å². The summed E-state index contributed by atoms with van der Waals surface area (Å²) in [5.74, 6) is -0.763. The molecule has 0 saturated heterocycles. The van der Waals surface area contributed by atoms with Crippen molar-refractivity contribution in [2.75, 3.05) is 26.7 Å². The van der Waals surface area contributed by atoms with Crippen LogP contribution in [-0.2, 0) is 25.5 Å². The summed E-state index contributed by atoms with van der Waals surface area (Å²) in [5, 5.41) is 2.73. The van der Waals surface area contributed by atoms with Gasteiger partial charge in [0, 0.05) is 33.0 Å². The molecule has 0 fully saturated rings. The maximum Gasteiger partial charge on any atom is 0.310 e. The minimum Gasteiger partial charge on any atom is -0.469 e. The third-order valence-corrected chi connectivity index (χ3v) is 4.41. The number of nitrogens with one attached hydrogen (secondary N) is 1. The molecule has 1 N–H and O–H groups in total. The summed E-state index contributed by atoms with van der Waals surface area (Å²) >= 11 is 0. The molecule has 0 aromatic heterocycles. The van der Waals surface area contributed by atoms with Gasteiger partial charge in [-0.2, -0.15) is 0 Å². The number of rotatable bonds is 11. The van der Waals surface area contributed by atoms with Gasteiger partial charge in [0.05, 0.1) is 13.0 Å². The van der Waals surface area contributed by atoms with E-state index in [0.29, 0.717) is 32.5 Å². The fraction of sp³-hybridized carbons (Fsp3) is 0.571. The first-order chi connectivity index (χ1) is 12.8. The lowest BCUT2D eigenvalue weighted by molar-refractivity contribution is -0.146. The van der Waals surface area contributed by atoms with Crippen molar-refractivity contribution >= 4 is 17.8 Å². The van der Waals surface area contributed by atoms with Gasteiger partial charge in [-0.3, -0.25) is 14.4 Å². The highest BCUT2D eigenvalue weighted by Gasteiger charge is 2.21. The number of carbonyl (C=O) groups is 3. The number of nitrogens with zero attached hydrogens (tertiary/aromatic N) is 1. The van der Waals surface area contributed by atoms with E-state index in [4.69, 9.17) is 4.74 Å². The molecule has 150 valence electrons. The first kappa shape index (κ1) is 22.7. The van der Waals surface area contributed by atoms with Crippen molar-refractivity contribution < 1.29 is 19.1 Å². The fourth-order valence-corrected chi connectivity index (χ4v) is 2.82. The topological polar surface area (TPSA) is 75.7 Å². The van der Waals surface area contributed by atoms with Gasteiger partial charge in [-0.1, -0.05) is 36.8 Å². The monoisotopic (exact) mass is 376 g/mol. The molecule has 6 heteroatoms. The van der Waals surface area contributed by atoms with Crippen LogP contribution in [0, 0.1) is 12.8 Å². The minimum atomic E-state index is -0.378. The van der Waals surface area contributed by atoms with Gasteiger partial charge >= 0.3 is 5.97 Å². The Morgan fingerprint density at radius 3 is 2.41 bits per heavy atom. The quantitative estimate of drug-likeness (QED) is 0.476. The summed E-state index contributed by atoms with van der Waals surface area (Å²) in [6.07, 6.45) is 2.69. The molecule has 0 spiro atoms. The SMILES string of the molecule is COC(=O)C(C)CN(CCCNC(C)=O)C(=O)CCCc1ccc(C)cc1. The molecule has 0 heterocycles. The molecule has 1 aromatic rings. The van der Waals surface area contributed by atoms with Crippen molar-refractivity contribution in [1.82, 2.24) is 10.2 Å². The van der Waals surface area contributed by atoms with Crippen LogP contribution < -0.4 is 5.32 Å². The number of carbonyl (C=O) groups excluding carboxylic acids is 3. The lowest BCUT2D eigenvalue weighted by Gasteiger charge is -2.25. The molecular weight excluding hydrogens is 344 g/mol. The van der Waals surface area contributed by atoms with Gasteiger partial charge in [-0.25, -0.2) is 0 Å². The molecule has 0 bridgehead atoms. The molecule has 0 radical (unpaired) electrons. The first-order valence-corrected chi connectivity index (χ1v) is 9.49. The second-order valence-corrected chi connectivity index (χ2v) is 6.94. The Kier molecular flexibility index (Phi) is 10.2. The number of hydrogen-bond donors (Lipinski definition) is 1. The highest BCUT2D eigenvalue weighted by atomic mass is 16.5. The van der Waals surface area contributed by atoms with Gasteiger partial charge in [0.25, 0.3) is 0 Å². The molecule has 1 unspecified atom stereocenters. The molecule has 0 saturated carbocycles. The first-order valence-electron chi connectivity index (χ1n) is 9.49. The van der Waals surface area contributed by atoms with Gasteiger partial charge in [-0.05, 0) is 31.7 Å². The number of benzene rings is 1. The maximum absolute atomic E-state index is 12.6. The fourth-order valence-electron chi connectivity index (χ4n) is 2.82. The van der Waals surface area contributed by atoms with Crippen LogP contribution in [0.2, 0.25) is 0 Å². The van der Waals surface area contributed by atoms with Crippen LogP contribution in [-0.4, -0.2) is 49.4 Å². The van der Waals surface area contributed by atoms with E-state index in [9.17, 15) is 14.4 Å². The Balaban J connectivity index is 2.54. The molecular formula is C21H32N2O4. The summed E-state index contributed by atoms with van der Waals surface area (Å²) in [7, 11) is 1.35. The molecule has 6 nitrogen and oxygen atoms in total. The lowest BCUT2D eigenvalue weighted by Crippen LogP contribution is -2.39. The van der Waals surface area contributed by atoms with Crippen LogP contribution in [0.1, 0.15) is 44.2 Å². The standard InChI is InChI=1S/C21H32N2O4/c1-16-9-11-19(12-10-16)7-5-8-20(25)23(14-6-13-22-18(3)24)15-17(2)21(26)27-4/h9-12,17H,5-8,13-15H2,1-4H3,(H,22,24). The van der Waals surface area contributed by atoms with E-state index >= 15 is 0 Å². The van der Waals surface area contributed by atoms with Gasteiger partial charge in [0.1, 0.15) is 0 Å². The average molecular weight is 376 g/mol. The Labute approximate surface area is 162 Å². The Morgan fingerprint density at radius 2 is 1.81 bits per heavy atom. The number of methoxy groups -OCH3 is 1. The van der Waals surface area contributed by atoms with E-state index in [1.807, 2.05) is 0 Å². The number of aryl methyl sites for hydroxylation is 2. The maximum atomic E-state index is 12.6. The van der Waals surface area contributed by atoms with Crippen LogP contribution in [0.5, 0.6) is 0 Å². The number of esters is 1. The number of hydrogen-bond acceptors (Lipinski definition) is 4. The van der Waals surface area contributed by atoms with Crippen molar-refractivity contribution in [3.63, 3.8) is 0 Å². The van der Waals surface area contributed by atoms with Crippen LogP contribution in [0.4, 0.5) is 0 Å². The van der Waals surface area contributed by atoms with Gasteiger partial charge in [-0.15, -0.1) is 0 Å². The highest BCUT2D eigenvalue weighted by molar-refractivity contribution is 5.78. The molecule has 0 aliphatic rings. The summed E-state index contributed by atoms with van der Waals surface area (Å²) in [6, 6.07) is 8.32. The molecule has 27 heavy (non-hydrogen) atoms. The summed E-state index contributed by atoms with van der Waals surface area (Å²) in [6.45, 7) is 6.62. The molecule has 1 rings (SSSR count). The second-order valence-electron chi connectivity index (χ2n) is 6.94. The molecule has 1 atom stereocenters. The van der Waals surface area contributed by atoms with Crippen molar-refractivity contribution in [2.45, 2.75) is 46.5 Å². The minimum absolute atomic E-state index is 0.0284. The van der Waals surface area contributed by atoms with Crippen molar-refractivity contribution in [1.29, 1.82) is 0 Å². The van der Waals surface area contributed by atoms with Crippen LogP contribution >= 0.6 is 0 Å². The predicted octanol–water partition coefficient (Wildman–Crippen LogP) is 2.48. The van der Waals surface area contributed by atoms with Crippen molar-refractivity contribution in [3.8, 4) is 0 Å². The van der Waals surface area contributed by atoms with Gasteiger partial charge in [0.15, 0.2) is 0 Å². The Morgan fingerprint density at radius 1 is 1.15 bits per heavy atom. The molecule has 0 aliphatic carbocycles. The summed E-state index contributed by atoms with van der Waals surface area (Å²) < 4.78 is 4.76. The van der Waals surface area contributed by atoms with Crippen molar-refractivity contribution in [3.05, 3.63) is 35.4 Å². The summed E-state index contributed by atoms with van der Waals surface area (Å²) in [4.78, 5) is 37.0. The van der Waals surface area contributed by atoms with Crippen molar-refractivity contribution in [2.24, 2.45) is 5.92 Å². The van der Waals surface area contributed by atoms with E-state index in [-0.39, 0.29) is 23.7 Å². The third kappa shape index (κ3) is 9.22. The van der Waals surface area contributed by atoms with E-state index in [2.05, 4.69) is 36.5 Å². The van der Waals surface area contributed by atoms with Crippen LogP contribution in [0.15, 0.2) is 24.3 Å². The predicted molar refractivity (Wildman–Crippen MR) is 105 cm³/mol. The lowest BCUT2D eigenvalue weighted by atomic mass is 10.1. The van der Waals surface area contributed by atoms with E-state index in [0.717, 1.165) is 12.8 Å². The zero-order valence-corrected chi connectivity index (χ0v) is 16.9. The highest BCUT2D eigenvalue weighted by Crippen LogP contribution is 2.10. The van der Waals surface area contributed by atoms with E-state index < -0.39 is 0 Å². The van der Waals surface area contributed by atoms with Crippen LogP contribution in [0.3, 0.4) is 0 Å². The van der Waals surface area contributed by atoms with Gasteiger partial charge in [0.2, 0.25) is 11.8 Å².